The summed E-state index contributed by atoms with van der Waals surface area (Å²) in [5.41, 5.74) is 5.21. The van der Waals surface area contributed by atoms with Gasteiger partial charge in [-0.1, -0.05) is 44.2 Å². The minimum Gasteiger partial charge on any atom is -0.377 e. The highest BCUT2D eigenvalue weighted by Gasteiger charge is 2.61. The van der Waals surface area contributed by atoms with Crippen molar-refractivity contribution in [3.8, 4) is 0 Å². The van der Waals surface area contributed by atoms with Crippen molar-refractivity contribution >= 4 is 0 Å². The van der Waals surface area contributed by atoms with Crippen LogP contribution in [0.3, 0.4) is 0 Å². The van der Waals surface area contributed by atoms with Crippen molar-refractivity contribution in [2.45, 2.75) is 31.9 Å². The van der Waals surface area contributed by atoms with E-state index in [4.69, 9.17) is 0 Å². The minimum atomic E-state index is -0.387. The Hall–Kier alpha value is -0.900. The molecule has 100 valence electrons. The molecule has 1 aromatic carbocycles. The molecule has 18 heavy (non-hydrogen) atoms. The zero-order chi connectivity index (χ0) is 13.2. The molecule has 4 N–H and O–H groups in total. The topological polar surface area (TPSA) is 51.1 Å². The summed E-state index contributed by atoms with van der Waals surface area (Å²) in [6.45, 7) is 6.87. The maximum atomic E-state index is 10.8. The maximum absolute atomic E-state index is 10.8. The molecule has 2 rings (SSSR count). The first kappa shape index (κ1) is 13.5. The van der Waals surface area contributed by atoms with Gasteiger partial charge in [-0.25, -0.2) is 0 Å². The fraction of sp³-hybridized carbons (Fsp3) is 0.600. The van der Waals surface area contributed by atoms with E-state index in [9.17, 15) is 5.11 Å². The minimum absolute atomic E-state index is 0.0883. The molecule has 3 atom stereocenters. The summed E-state index contributed by atoms with van der Waals surface area (Å²) in [6, 6.07) is 10.4. The predicted molar refractivity (Wildman–Crippen MR) is 72.9 cm³/mol. The van der Waals surface area contributed by atoms with E-state index in [0.29, 0.717) is 5.92 Å². The fourth-order valence-electron chi connectivity index (χ4n) is 3.17. The highest BCUT2D eigenvalue weighted by molar-refractivity contribution is 5.35. The SMILES string of the molecule is CCN(CC)C(O)C1(c2ccccc2)CC1C[NH3+]. The number of rotatable bonds is 6. The Morgan fingerprint density at radius 1 is 1.33 bits per heavy atom. The molecule has 3 nitrogen and oxygen atoms in total. The molecule has 1 aliphatic rings. The Morgan fingerprint density at radius 2 is 1.94 bits per heavy atom. The lowest BCUT2D eigenvalue weighted by Gasteiger charge is -2.33. The molecule has 0 spiro atoms. The van der Waals surface area contributed by atoms with Crippen molar-refractivity contribution < 1.29 is 10.8 Å². The van der Waals surface area contributed by atoms with E-state index in [1.807, 2.05) is 6.07 Å². The Morgan fingerprint density at radius 3 is 2.39 bits per heavy atom. The monoisotopic (exact) mass is 249 g/mol. The lowest BCUT2D eigenvalue weighted by atomic mass is 9.90. The number of benzene rings is 1. The maximum Gasteiger partial charge on any atom is 0.117 e. The van der Waals surface area contributed by atoms with Gasteiger partial charge in [0, 0.05) is 11.3 Å². The average Bonchev–Trinajstić information content (AvgIpc) is 3.17. The molecule has 1 aromatic rings. The Balaban J connectivity index is 2.29. The largest absolute Gasteiger partial charge is 0.377 e. The van der Waals surface area contributed by atoms with Crippen molar-refractivity contribution in [3.05, 3.63) is 35.9 Å². The first-order valence-electron chi connectivity index (χ1n) is 6.97. The standard InChI is InChI=1S/C15H24N2O/c1-3-17(4-2)14(18)15(10-13(15)11-16)12-8-6-5-7-9-12/h5-9,13-14,18H,3-4,10-11,16H2,1-2H3/p+1. The normalized spacial score (nSPS) is 28.4. The molecule has 0 aliphatic heterocycles. The fourth-order valence-corrected chi connectivity index (χ4v) is 3.17. The van der Waals surface area contributed by atoms with Crippen LogP contribution in [0.5, 0.6) is 0 Å². The molecule has 1 aliphatic carbocycles. The van der Waals surface area contributed by atoms with Gasteiger partial charge in [-0.2, -0.15) is 0 Å². The summed E-state index contributed by atoms with van der Waals surface area (Å²) >= 11 is 0. The number of nitrogens with zero attached hydrogens (tertiary/aromatic N) is 1. The van der Waals surface area contributed by atoms with Crippen LogP contribution < -0.4 is 5.73 Å². The molecule has 0 radical (unpaired) electrons. The van der Waals surface area contributed by atoms with Crippen LogP contribution in [-0.4, -0.2) is 35.9 Å². The first-order valence-corrected chi connectivity index (χ1v) is 6.97. The van der Waals surface area contributed by atoms with Crippen molar-refractivity contribution in [1.29, 1.82) is 0 Å². The first-order chi connectivity index (χ1) is 8.70. The van der Waals surface area contributed by atoms with Crippen molar-refractivity contribution in [2.24, 2.45) is 5.92 Å². The Kier molecular flexibility index (Phi) is 4.05. The third-order valence-corrected chi connectivity index (χ3v) is 4.43. The molecular weight excluding hydrogens is 224 g/mol. The van der Waals surface area contributed by atoms with E-state index in [0.717, 1.165) is 26.1 Å². The number of aliphatic hydroxyl groups excluding tert-OH is 1. The third-order valence-electron chi connectivity index (χ3n) is 4.43. The van der Waals surface area contributed by atoms with E-state index in [2.05, 4.69) is 48.7 Å². The molecular formula is C15H25N2O+. The number of hydrogen-bond acceptors (Lipinski definition) is 2. The van der Waals surface area contributed by atoms with Gasteiger partial charge < -0.3 is 10.8 Å². The van der Waals surface area contributed by atoms with Crippen molar-refractivity contribution in [2.75, 3.05) is 19.6 Å². The number of hydrogen-bond donors (Lipinski definition) is 2. The highest BCUT2D eigenvalue weighted by atomic mass is 16.3. The van der Waals surface area contributed by atoms with Gasteiger partial charge in [0.15, 0.2) is 0 Å². The molecule has 3 heteroatoms. The lowest BCUT2D eigenvalue weighted by molar-refractivity contribution is -0.374. The summed E-state index contributed by atoms with van der Waals surface area (Å²) in [5, 5.41) is 10.8. The van der Waals surface area contributed by atoms with Crippen LogP contribution in [0, 0.1) is 5.92 Å². The summed E-state index contributed by atoms with van der Waals surface area (Å²) in [4.78, 5) is 2.14. The third kappa shape index (κ3) is 2.07. The van der Waals surface area contributed by atoms with E-state index < -0.39 is 0 Å². The van der Waals surface area contributed by atoms with E-state index in [1.165, 1.54) is 5.56 Å². The molecule has 3 unspecified atom stereocenters. The second-order valence-electron chi connectivity index (χ2n) is 5.19. The van der Waals surface area contributed by atoms with Gasteiger partial charge in [-0.15, -0.1) is 0 Å². The van der Waals surface area contributed by atoms with Crippen molar-refractivity contribution in [3.63, 3.8) is 0 Å². The molecule has 1 saturated carbocycles. The van der Waals surface area contributed by atoms with Gasteiger partial charge in [-0.05, 0) is 25.1 Å². The summed E-state index contributed by atoms with van der Waals surface area (Å²) in [5.74, 6) is 0.510. The Bertz CT molecular complexity index is 377. The van der Waals surface area contributed by atoms with Crippen LogP contribution in [0.1, 0.15) is 25.8 Å². The van der Waals surface area contributed by atoms with E-state index >= 15 is 0 Å². The Labute approximate surface area is 110 Å². The molecule has 0 amide bonds. The van der Waals surface area contributed by atoms with Gasteiger partial charge in [0.25, 0.3) is 0 Å². The van der Waals surface area contributed by atoms with Gasteiger partial charge in [0.05, 0.1) is 6.54 Å². The van der Waals surface area contributed by atoms with Crippen LogP contribution in [-0.2, 0) is 5.41 Å². The summed E-state index contributed by atoms with van der Waals surface area (Å²) in [7, 11) is 0. The number of aliphatic hydroxyl groups is 1. The van der Waals surface area contributed by atoms with E-state index in [1.54, 1.807) is 0 Å². The zero-order valence-corrected chi connectivity index (χ0v) is 11.5. The van der Waals surface area contributed by atoms with Crippen LogP contribution in [0.15, 0.2) is 30.3 Å². The van der Waals surface area contributed by atoms with Crippen LogP contribution in [0.2, 0.25) is 0 Å². The smallest absolute Gasteiger partial charge is 0.117 e. The second-order valence-corrected chi connectivity index (χ2v) is 5.19. The second kappa shape index (κ2) is 5.39. The van der Waals surface area contributed by atoms with Gasteiger partial charge in [-0.3, -0.25) is 4.90 Å². The summed E-state index contributed by atoms with van der Waals surface area (Å²) in [6.07, 6.45) is 0.666. The van der Waals surface area contributed by atoms with Crippen molar-refractivity contribution in [1.82, 2.24) is 4.90 Å². The quantitative estimate of drug-likeness (QED) is 0.734. The summed E-state index contributed by atoms with van der Waals surface area (Å²) < 4.78 is 0. The van der Waals surface area contributed by atoms with Crippen LogP contribution >= 0.6 is 0 Å². The van der Waals surface area contributed by atoms with Crippen LogP contribution in [0.4, 0.5) is 0 Å². The highest BCUT2D eigenvalue weighted by Crippen LogP contribution is 2.56. The predicted octanol–water partition coefficient (Wildman–Crippen LogP) is 0.846. The molecule has 0 aromatic heterocycles. The van der Waals surface area contributed by atoms with E-state index in [-0.39, 0.29) is 11.6 Å². The van der Waals surface area contributed by atoms with Gasteiger partial charge in [0.1, 0.15) is 6.23 Å². The number of quaternary nitrogens is 1. The lowest BCUT2D eigenvalue weighted by Crippen LogP contribution is -2.54. The molecule has 0 saturated heterocycles. The van der Waals surface area contributed by atoms with Gasteiger partial charge >= 0.3 is 0 Å². The molecule has 0 heterocycles. The average molecular weight is 249 g/mol. The zero-order valence-electron chi connectivity index (χ0n) is 11.5. The number of likely N-dealkylation sites (N-methyl/N-ethyl adjacent to an activating group) is 1. The van der Waals surface area contributed by atoms with Gasteiger partial charge in [0.2, 0.25) is 0 Å². The molecule has 1 fully saturated rings. The van der Waals surface area contributed by atoms with Crippen LogP contribution in [0.25, 0.3) is 0 Å². The molecule has 0 bridgehead atoms.